The topological polar surface area (TPSA) is 45.0 Å². The second-order valence-corrected chi connectivity index (χ2v) is 6.57. The molecule has 0 aliphatic heterocycles. The van der Waals surface area contributed by atoms with Crippen molar-refractivity contribution in [3.63, 3.8) is 0 Å². The minimum Gasteiger partial charge on any atom is -0.378 e. The van der Waals surface area contributed by atoms with E-state index in [0.717, 1.165) is 32.4 Å². The maximum absolute atomic E-state index is 9.25. The molecule has 0 fully saturated rings. The van der Waals surface area contributed by atoms with Crippen molar-refractivity contribution in [3.05, 3.63) is 0 Å². The van der Waals surface area contributed by atoms with Gasteiger partial charge in [-0.05, 0) is 38.6 Å². The average molecular weight is 254 g/mol. The molecule has 0 saturated carbocycles. The molecule has 0 heterocycles. The Labute approximate surface area is 113 Å². The Bertz CT molecular complexity index is 265. The van der Waals surface area contributed by atoms with Crippen LogP contribution in [0.25, 0.3) is 0 Å². The second kappa shape index (κ2) is 7.76. The first-order valence-electron chi connectivity index (χ1n) is 7.00. The highest BCUT2D eigenvalue weighted by Crippen LogP contribution is 2.20. The highest BCUT2D eigenvalue weighted by Gasteiger charge is 2.26. The van der Waals surface area contributed by atoms with Gasteiger partial charge in [-0.1, -0.05) is 27.7 Å². The molecule has 0 spiro atoms. The highest BCUT2D eigenvalue weighted by atomic mass is 16.5. The van der Waals surface area contributed by atoms with Crippen molar-refractivity contribution in [3.8, 4) is 6.07 Å². The Kier molecular flexibility index (Phi) is 7.51. The summed E-state index contributed by atoms with van der Waals surface area (Å²) in [5.41, 5.74) is -0.171. The molecule has 0 aliphatic rings. The number of nitriles is 1. The fourth-order valence-electron chi connectivity index (χ4n) is 1.76. The number of nitrogens with one attached hydrogen (secondary N) is 1. The zero-order valence-corrected chi connectivity index (χ0v) is 13.0. The van der Waals surface area contributed by atoms with Crippen LogP contribution in [0, 0.1) is 16.7 Å². The normalized spacial score (nSPS) is 16.9. The number of hydrogen-bond donors (Lipinski definition) is 1. The first-order valence-corrected chi connectivity index (χ1v) is 7.00. The van der Waals surface area contributed by atoms with E-state index in [-0.39, 0.29) is 6.10 Å². The molecule has 2 atom stereocenters. The third kappa shape index (κ3) is 8.49. The summed E-state index contributed by atoms with van der Waals surface area (Å²) < 4.78 is 5.80. The van der Waals surface area contributed by atoms with Crippen LogP contribution in [-0.4, -0.2) is 24.8 Å². The van der Waals surface area contributed by atoms with Crippen molar-refractivity contribution >= 4 is 0 Å². The Hall–Kier alpha value is -0.590. The molecule has 1 N–H and O–H groups in total. The van der Waals surface area contributed by atoms with Crippen molar-refractivity contribution in [1.82, 2.24) is 5.32 Å². The van der Waals surface area contributed by atoms with Gasteiger partial charge in [-0.25, -0.2) is 0 Å². The van der Waals surface area contributed by atoms with E-state index in [4.69, 9.17) is 4.74 Å². The largest absolute Gasteiger partial charge is 0.378 e. The molecule has 0 bridgehead atoms. The summed E-state index contributed by atoms with van der Waals surface area (Å²) >= 11 is 0. The van der Waals surface area contributed by atoms with Gasteiger partial charge in [-0.2, -0.15) is 5.26 Å². The lowest BCUT2D eigenvalue weighted by Gasteiger charge is -2.27. The van der Waals surface area contributed by atoms with Gasteiger partial charge < -0.3 is 4.74 Å². The summed E-state index contributed by atoms with van der Waals surface area (Å²) in [7, 11) is 0. The lowest BCUT2D eigenvalue weighted by molar-refractivity contribution is 0.0334. The molecule has 3 heteroatoms. The van der Waals surface area contributed by atoms with Crippen LogP contribution in [-0.2, 0) is 4.74 Å². The summed E-state index contributed by atoms with van der Waals surface area (Å²) in [4.78, 5) is 0. The number of rotatable bonds is 8. The molecule has 0 amide bonds. The maximum atomic E-state index is 9.25. The minimum absolute atomic E-state index is 0.112. The zero-order valence-electron chi connectivity index (χ0n) is 13.0. The van der Waals surface area contributed by atoms with Gasteiger partial charge in [0.15, 0.2) is 0 Å². The smallest absolute Gasteiger partial charge is 0.106 e. The van der Waals surface area contributed by atoms with Gasteiger partial charge in [0.1, 0.15) is 5.54 Å². The van der Waals surface area contributed by atoms with Crippen LogP contribution in [0.2, 0.25) is 0 Å². The van der Waals surface area contributed by atoms with Crippen LogP contribution < -0.4 is 5.32 Å². The quantitative estimate of drug-likeness (QED) is 0.721. The van der Waals surface area contributed by atoms with E-state index in [9.17, 15) is 5.26 Å². The van der Waals surface area contributed by atoms with Crippen LogP contribution in [0.3, 0.4) is 0 Å². The first kappa shape index (κ1) is 17.4. The van der Waals surface area contributed by atoms with Crippen molar-refractivity contribution in [2.45, 2.75) is 72.4 Å². The average Bonchev–Trinajstić information content (AvgIpc) is 2.24. The molecule has 0 saturated heterocycles. The summed E-state index contributed by atoms with van der Waals surface area (Å²) in [6, 6.07) is 2.36. The predicted octanol–water partition coefficient (Wildman–Crippen LogP) is 3.50. The van der Waals surface area contributed by atoms with Crippen molar-refractivity contribution in [2.24, 2.45) is 5.41 Å². The van der Waals surface area contributed by atoms with Crippen LogP contribution in [0.5, 0.6) is 0 Å². The lowest BCUT2D eigenvalue weighted by atomic mass is 9.93. The lowest BCUT2D eigenvalue weighted by Crippen LogP contribution is -2.44. The number of hydrogen-bond acceptors (Lipinski definition) is 3. The van der Waals surface area contributed by atoms with Gasteiger partial charge in [0, 0.05) is 13.0 Å². The first-order chi connectivity index (χ1) is 8.22. The van der Waals surface area contributed by atoms with Crippen molar-refractivity contribution in [2.75, 3.05) is 13.2 Å². The van der Waals surface area contributed by atoms with Crippen LogP contribution in [0.4, 0.5) is 0 Å². The SMILES string of the molecule is CCCNC(C)(C#N)CC(C)OCCC(C)(C)C. The molecule has 0 aromatic rings. The van der Waals surface area contributed by atoms with Crippen molar-refractivity contribution in [1.29, 1.82) is 5.26 Å². The Morgan fingerprint density at radius 1 is 1.28 bits per heavy atom. The Balaban J connectivity index is 4.04. The van der Waals surface area contributed by atoms with E-state index in [1.807, 2.05) is 13.8 Å². The molecule has 0 aliphatic carbocycles. The third-order valence-electron chi connectivity index (χ3n) is 2.96. The fourth-order valence-corrected chi connectivity index (χ4v) is 1.76. The molecule has 0 rings (SSSR count). The Morgan fingerprint density at radius 3 is 2.33 bits per heavy atom. The highest BCUT2D eigenvalue weighted by molar-refractivity contribution is 5.04. The Morgan fingerprint density at radius 2 is 1.89 bits per heavy atom. The summed E-state index contributed by atoms with van der Waals surface area (Å²) in [6.45, 7) is 14.4. The van der Waals surface area contributed by atoms with Crippen LogP contribution >= 0.6 is 0 Å². The molecular weight excluding hydrogens is 224 g/mol. The van der Waals surface area contributed by atoms with Gasteiger partial charge in [-0.3, -0.25) is 5.32 Å². The second-order valence-electron chi connectivity index (χ2n) is 6.57. The van der Waals surface area contributed by atoms with Crippen molar-refractivity contribution < 1.29 is 4.74 Å². The summed E-state index contributed by atoms with van der Waals surface area (Å²) in [6.07, 6.45) is 2.93. The molecule has 106 valence electrons. The van der Waals surface area contributed by atoms with Gasteiger partial charge in [0.2, 0.25) is 0 Å². The van der Waals surface area contributed by atoms with E-state index >= 15 is 0 Å². The van der Waals surface area contributed by atoms with Gasteiger partial charge in [0.25, 0.3) is 0 Å². The van der Waals surface area contributed by atoms with Gasteiger partial charge >= 0.3 is 0 Å². The van der Waals surface area contributed by atoms with E-state index < -0.39 is 5.54 Å². The molecule has 2 unspecified atom stereocenters. The summed E-state index contributed by atoms with van der Waals surface area (Å²) in [5, 5.41) is 12.5. The standard InChI is InChI=1S/C15H30N2O/c1-7-9-17-15(6,12-16)11-13(2)18-10-8-14(3,4)5/h13,17H,7-11H2,1-6H3. The third-order valence-corrected chi connectivity index (χ3v) is 2.96. The molecular formula is C15H30N2O. The molecule has 0 aromatic carbocycles. The van der Waals surface area contributed by atoms with E-state index in [1.165, 1.54) is 0 Å². The van der Waals surface area contributed by atoms with Gasteiger partial charge in [0.05, 0.1) is 12.2 Å². The van der Waals surface area contributed by atoms with E-state index in [1.54, 1.807) is 0 Å². The predicted molar refractivity (Wildman–Crippen MR) is 76.4 cm³/mol. The number of nitrogens with zero attached hydrogens (tertiary/aromatic N) is 1. The van der Waals surface area contributed by atoms with E-state index in [2.05, 4.69) is 39.1 Å². The molecule has 3 nitrogen and oxygen atoms in total. The minimum atomic E-state index is -0.475. The number of ether oxygens (including phenoxy) is 1. The summed E-state index contributed by atoms with van der Waals surface area (Å²) in [5.74, 6) is 0. The maximum Gasteiger partial charge on any atom is 0.106 e. The monoisotopic (exact) mass is 254 g/mol. The zero-order chi connectivity index (χ0) is 14.2. The van der Waals surface area contributed by atoms with E-state index in [0.29, 0.717) is 5.41 Å². The molecule has 0 radical (unpaired) electrons. The van der Waals surface area contributed by atoms with Crippen LogP contribution in [0.15, 0.2) is 0 Å². The van der Waals surface area contributed by atoms with Crippen LogP contribution in [0.1, 0.15) is 60.8 Å². The molecule has 18 heavy (non-hydrogen) atoms. The van der Waals surface area contributed by atoms with Gasteiger partial charge in [-0.15, -0.1) is 0 Å². The fraction of sp³-hybridized carbons (Fsp3) is 0.933. The molecule has 0 aromatic heterocycles.